The number of nitrogens with two attached hydrogens (primary N) is 1. The van der Waals surface area contributed by atoms with Gasteiger partial charge < -0.3 is 15.8 Å². The number of amides is 1. The summed E-state index contributed by atoms with van der Waals surface area (Å²) in [7, 11) is 1.31. The van der Waals surface area contributed by atoms with Crippen LogP contribution in [-0.2, 0) is 9.53 Å². The van der Waals surface area contributed by atoms with Crippen LogP contribution in [0.25, 0.3) is 0 Å². The van der Waals surface area contributed by atoms with E-state index in [-0.39, 0.29) is 23.9 Å². The molecule has 0 saturated carbocycles. The summed E-state index contributed by atoms with van der Waals surface area (Å²) in [5, 5.41) is 9.11. The third-order valence-electron chi connectivity index (χ3n) is 1.80. The number of carbonyl (C=O) groups is 2. The van der Waals surface area contributed by atoms with Gasteiger partial charge in [-0.05, 0) is 16.7 Å². The van der Waals surface area contributed by atoms with E-state index in [0.29, 0.717) is 13.0 Å². The highest BCUT2D eigenvalue weighted by atomic mass is 16.6. The summed E-state index contributed by atoms with van der Waals surface area (Å²) in [6.45, 7) is 0.320. The van der Waals surface area contributed by atoms with Crippen molar-refractivity contribution in [3.63, 3.8) is 0 Å². The average Bonchev–Trinajstić information content (AvgIpc) is 2.70. The molecule has 1 aromatic heterocycles. The van der Waals surface area contributed by atoms with Crippen molar-refractivity contribution in [1.82, 2.24) is 15.6 Å². The average molecular weight is 228 g/mol. The molecule has 16 heavy (non-hydrogen) atoms. The van der Waals surface area contributed by atoms with Gasteiger partial charge in [0.15, 0.2) is 0 Å². The van der Waals surface area contributed by atoms with E-state index < -0.39 is 5.91 Å². The van der Waals surface area contributed by atoms with Crippen molar-refractivity contribution < 1.29 is 19.0 Å². The van der Waals surface area contributed by atoms with Crippen molar-refractivity contribution in [2.24, 2.45) is 0 Å². The van der Waals surface area contributed by atoms with Gasteiger partial charge in [-0.2, -0.15) is 0 Å². The number of nitrogens with one attached hydrogen (secondary N) is 1. The monoisotopic (exact) mass is 228 g/mol. The highest BCUT2D eigenvalue weighted by Crippen LogP contribution is 2.03. The summed E-state index contributed by atoms with van der Waals surface area (Å²) in [6, 6.07) is 0. The van der Waals surface area contributed by atoms with E-state index in [4.69, 9.17) is 5.73 Å². The molecule has 0 saturated heterocycles. The lowest BCUT2D eigenvalue weighted by molar-refractivity contribution is -0.140. The zero-order chi connectivity index (χ0) is 12.0. The molecule has 1 amide bonds. The minimum Gasteiger partial charge on any atom is -0.469 e. The SMILES string of the molecule is COC(=O)CCCNC(=O)c1nonc1N. The molecule has 0 spiro atoms. The Kier molecular flexibility index (Phi) is 4.25. The summed E-state index contributed by atoms with van der Waals surface area (Å²) >= 11 is 0. The third-order valence-corrected chi connectivity index (χ3v) is 1.80. The van der Waals surface area contributed by atoms with Crippen LogP contribution >= 0.6 is 0 Å². The molecule has 0 aliphatic heterocycles. The quantitative estimate of drug-likeness (QED) is 0.506. The van der Waals surface area contributed by atoms with Crippen LogP contribution in [0.5, 0.6) is 0 Å². The summed E-state index contributed by atoms with van der Waals surface area (Å²) in [4.78, 5) is 22.1. The molecule has 0 atom stereocenters. The molecule has 0 radical (unpaired) electrons. The predicted molar refractivity (Wildman–Crippen MR) is 52.3 cm³/mol. The Bertz CT molecular complexity index is 376. The van der Waals surface area contributed by atoms with Crippen LogP contribution in [0.1, 0.15) is 23.3 Å². The maximum absolute atomic E-state index is 11.4. The number of nitrogens with zero attached hydrogens (tertiary/aromatic N) is 2. The zero-order valence-corrected chi connectivity index (χ0v) is 8.73. The zero-order valence-electron chi connectivity index (χ0n) is 8.73. The molecule has 0 aromatic carbocycles. The Labute approximate surface area is 91.1 Å². The molecule has 0 unspecified atom stereocenters. The third kappa shape index (κ3) is 3.23. The van der Waals surface area contributed by atoms with Crippen LogP contribution in [0.3, 0.4) is 0 Å². The van der Waals surface area contributed by atoms with E-state index in [1.165, 1.54) is 7.11 Å². The van der Waals surface area contributed by atoms with Crippen LogP contribution in [0.2, 0.25) is 0 Å². The fourth-order valence-corrected chi connectivity index (χ4v) is 0.973. The maximum atomic E-state index is 11.4. The van der Waals surface area contributed by atoms with E-state index in [2.05, 4.69) is 25.0 Å². The molecular formula is C8H12N4O4. The Morgan fingerprint density at radius 1 is 1.50 bits per heavy atom. The van der Waals surface area contributed by atoms with Gasteiger partial charge in [-0.1, -0.05) is 0 Å². The maximum Gasteiger partial charge on any atom is 0.305 e. The van der Waals surface area contributed by atoms with Crippen molar-refractivity contribution in [3.8, 4) is 0 Å². The smallest absolute Gasteiger partial charge is 0.305 e. The molecule has 1 heterocycles. The number of esters is 1. The number of hydrogen-bond acceptors (Lipinski definition) is 7. The van der Waals surface area contributed by atoms with Gasteiger partial charge in [0.25, 0.3) is 5.91 Å². The molecule has 1 rings (SSSR count). The van der Waals surface area contributed by atoms with E-state index >= 15 is 0 Å². The molecule has 8 heteroatoms. The van der Waals surface area contributed by atoms with Crippen LogP contribution in [0.15, 0.2) is 4.63 Å². The highest BCUT2D eigenvalue weighted by molar-refractivity contribution is 5.95. The molecule has 88 valence electrons. The highest BCUT2D eigenvalue weighted by Gasteiger charge is 2.15. The Morgan fingerprint density at radius 2 is 2.25 bits per heavy atom. The Hall–Kier alpha value is -2.12. The standard InChI is InChI=1S/C8H12N4O4/c1-15-5(13)3-2-4-10-8(14)6-7(9)12-16-11-6/h2-4H2,1H3,(H2,9,12)(H,10,14). The minimum absolute atomic E-state index is 0.0573. The van der Waals surface area contributed by atoms with Gasteiger partial charge >= 0.3 is 5.97 Å². The number of aromatic nitrogens is 2. The van der Waals surface area contributed by atoms with Gasteiger partial charge in [0.2, 0.25) is 11.5 Å². The van der Waals surface area contributed by atoms with Gasteiger partial charge in [-0.3, -0.25) is 9.59 Å². The molecule has 0 bridgehead atoms. The molecule has 0 fully saturated rings. The van der Waals surface area contributed by atoms with Crippen LogP contribution in [0, 0.1) is 0 Å². The number of methoxy groups -OCH3 is 1. The number of hydrogen-bond donors (Lipinski definition) is 2. The second kappa shape index (κ2) is 5.69. The van der Waals surface area contributed by atoms with Gasteiger partial charge in [0.1, 0.15) is 0 Å². The molecule has 1 aromatic rings. The van der Waals surface area contributed by atoms with Crippen molar-refractivity contribution in [2.75, 3.05) is 19.4 Å². The fourth-order valence-electron chi connectivity index (χ4n) is 0.973. The predicted octanol–water partition coefficient (Wildman–Crippen LogP) is -0.665. The number of anilines is 1. The normalized spacial score (nSPS) is 9.81. The first-order valence-electron chi connectivity index (χ1n) is 4.58. The lowest BCUT2D eigenvalue weighted by atomic mass is 10.3. The van der Waals surface area contributed by atoms with Crippen LogP contribution < -0.4 is 11.1 Å². The molecule has 3 N–H and O–H groups in total. The number of ether oxygens (including phenoxy) is 1. The van der Waals surface area contributed by atoms with Gasteiger partial charge in [-0.25, -0.2) is 4.63 Å². The van der Waals surface area contributed by atoms with Crippen molar-refractivity contribution in [1.29, 1.82) is 0 Å². The second-order valence-corrected chi connectivity index (χ2v) is 2.93. The van der Waals surface area contributed by atoms with Crippen molar-refractivity contribution in [3.05, 3.63) is 5.69 Å². The van der Waals surface area contributed by atoms with E-state index in [9.17, 15) is 9.59 Å². The summed E-state index contributed by atoms with van der Waals surface area (Å²) < 4.78 is 8.71. The molecule has 0 aliphatic rings. The summed E-state index contributed by atoms with van der Waals surface area (Å²) in [5.41, 5.74) is 5.26. The number of nitrogen functional groups attached to an aromatic ring is 1. The van der Waals surface area contributed by atoms with E-state index in [0.717, 1.165) is 0 Å². The lowest BCUT2D eigenvalue weighted by Crippen LogP contribution is -2.26. The first kappa shape index (κ1) is 12.0. The summed E-state index contributed by atoms with van der Waals surface area (Å²) in [5.74, 6) is -0.869. The van der Waals surface area contributed by atoms with Crippen LogP contribution in [-0.4, -0.2) is 35.8 Å². The second-order valence-electron chi connectivity index (χ2n) is 2.93. The van der Waals surface area contributed by atoms with Crippen LogP contribution in [0.4, 0.5) is 5.82 Å². The lowest BCUT2D eigenvalue weighted by Gasteiger charge is -2.01. The largest absolute Gasteiger partial charge is 0.469 e. The van der Waals surface area contributed by atoms with Crippen molar-refractivity contribution in [2.45, 2.75) is 12.8 Å². The topological polar surface area (TPSA) is 120 Å². The Morgan fingerprint density at radius 3 is 2.81 bits per heavy atom. The van der Waals surface area contributed by atoms with E-state index in [1.807, 2.05) is 0 Å². The summed E-state index contributed by atoms with van der Waals surface area (Å²) in [6.07, 6.45) is 0.715. The molecule has 8 nitrogen and oxygen atoms in total. The molecule has 0 aliphatic carbocycles. The minimum atomic E-state index is -0.483. The number of carbonyl (C=O) groups excluding carboxylic acids is 2. The fraction of sp³-hybridized carbons (Fsp3) is 0.500. The number of rotatable bonds is 5. The Balaban J connectivity index is 2.26. The first-order valence-corrected chi connectivity index (χ1v) is 4.58. The van der Waals surface area contributed by atoms with Gasteiger partial charge in [0.05, 0.1) is 7.11 Å². The van der Waals surface area contributed by atoms with Gasteiger partial charge in [0, 0.05) is 13.0 Å². The van der Waals surface area contributed by atoms with E-state index in [1.54, 1.807) is 0 Å². The molecular weight excluding hydrogens is 216 g/mol. The first-order chi connectivity index (χ1) is 7.65. The van der Waals surface area contributed by atoms with Gasteiger partial charge in [-0.15, -0.1) is 0 Å². The van der Waals surface area contributed by atoms with Crippen molar-refractivity contribution >= 4 is 17.7 Å².